The average molecular weight is 235 g/mol. The Bertz CT molecular complexity index is 543. The zero-order valence-electron chi connectivity index (χ0n) is 8.52. The van der Waals surface area contributed by atoms with Crippen molar-refractivity contribution in [3.05, 3.63) is 54.0 Å². The molecule has 0 bridgehead atoms. The molecule has 17 heavy (non-hydrogen) atoms. The summed E-state index contributed by atoms with van der Waals surface area (Å²) in [5.74, 6) is -1.75. The molecule has 0 aliphatic heterocycles. The van der Waals surface area contributed by atoms with Crippen molar-refractivity contribution in [2.24, 2.45) is 0 Å². The molecule has 0 aromatic carbocycles. The van der Waals surface area contributed by atoms with Crippen LogP contribution >= 0.6 is 0 Å². The van der Waals surface area contributed by atoms with E-state index in [2.05, 4.69) is 15.3 Å². The van der Waals surface area contributed by atoms with E-state index in [0.29, 0.717) is 0 Å². The van der Waals surface area contributed by atoms with Gasteiger partial charge in [-0.2, -0.15) is 4.39 Å². The molecule has 6 heteroatoms. The fraction of sp³-hybridized carbons (Fsp3) is 0. The second kappa shape index (κ2) is 4.65. The molecule has 0 spiro atoms. The third-order valence-electron chi connectivity index (χ3n) is 1.92. The molecule has 2 rings (SSSR count). The highest BCUT2D eigenvalue weighted by atomic mass is 19.1. The molecule has 1 N–H and O–H groups in total. The first kappa shape index (κ1) is 11.1. The molecule has 0 aliphatic rings. The Morgan fingerprint density at radius 2 is 2.00 bits per heavy atom. The minimum atomic E-state index is -0.699. The second-order valence-electron chi connectivity index (χ2n) is 3.16. The molecular formula is C11H7F2N3O. The normalized spacial score (nSPS) is 10.0. The molecule has 0 fully saturated rings. The number of hydrogen-bond acceptors (Lipinski definition) is 3. The topological polar surface area (TPSA) is 54.9 Å². The smallest absolute Gasteiger partial charge is 0.275 e. The van der Waals surface area contributed by atoms with E-state index in [1.807, 2.05) is 0 Å². The van der Waals surface area contributed by atoms with Crippen LogP contribution in [0.2, 0.25) is 0 Å². The number of pyridine rings is 2. The third kappa shape index (κ3) is 2.81. The zero-order chi connectivity index (χ0) is 12.3. The number of nitrogens with zero attached hydrogens (tertiary/aromatic N) is 2. The summed E-state index contributed by atoms with van der Waals surface area (Å²) in [7, 11) is 0. The van der Waals surface area contributed by atoms with Crippen molar-refractivity contribution in [1.82, 2.24) is 9.97 Å². The second-order valence-corrected chi connectivity index (χ2v) is 3.16. The van der Waals surface area contributed by atoms with Gasteiger partial charge in [0.1, 0.15) is 17.3 Å². The number of nitrogens with one attached hydrogen (secondary N) is 1. The summed E-state index contributed by atoms with van der Waals surface area (Å²) in [4.78, 5) is 18.6. The number of rotatable bonds is 2. The molecule has 2 aromatic rings. The van der Waals surface area contributed by atoms with Crippen molar-refractivity contribution in [2.45, 2.75) is 0 Å². The molecule has 0 saturated carbocycles. The van der Waals surface area contributed by atoms with Crippen LogP contribution in [-0.4, -0.2) is 15.9 Å². The zero-order valence-corrected chi connectivity index (χ0v) is 8.52. The summed E-state index contributed by atoms with van der Waals surface area (Å²) in [5, 5.41) is 2.34. The van der Waals surface area contributed by atoms with Gasteiger partial charge in [0.05, 0.1) is 6.20 Å². The van der Waals surface area contributed by atoms with Gasteiger partial charge in [-0.3, -0.25) is 4.79 Å². The van der Waals surface area contributed by atoms with E-state index in [9.17, 15) is 13.6 Å². The van der Waals surface area contributed by atoms with Crippen LogP contribution in [0.5, 0.6) is 0 Å². The molecule has 0 atom stereocenters. The summed E-state index contributed by atoms with van der Waals surface area (Å²) in [6, 6.07) is 6.34. The summed E-state index contributed by atoms with van der Waals surface area (Å²) in [5.41, 5.74) is 0.0254. The van der Waals surface area contributed by atoms with Gasteiger partial charge in [0, 0.05) is 0 Å². The molecule has 0 aliphatic carbocycles. The quantitative estimate of drug-likeness (QED) is 0.810. The van der Waals surface area contributed by atoms with Crippen LogP contribution in [-0.2, 0) is 0 Å². The Morgan fingerprint density at radius 3 is 2.65 bits per heavy atom. The van der Waals surface area contributed by atoms with Crippen molar-refractivity contribution in [3.63, 3.8) is 0 Å². The van der Waals surface area contributed by atoms with Gasteiger partial charge < -0.3 is 5.32 Å². The van der Waals surface area contributed by atoms with E-state index in [-0.39, 0.29) is 11.5 Å². The van der Waals surface area contributed by atoms with Crippen LogP contribution in [0.1, 0.15) is 10.5 Å². The van der Waals surface area contributed by atoms with E-state index in [1.54, 1.807) is 0 Å². The summed E-state index contributed by atoms with van der Waals surface area (Å²) >= 11 is 0. The van der Waals surface area contributed by atoms with Crippen LogP contribution in [0.3, 0.4) is 0 Å². The lowest BCUT2D eigenvalue weighted by molar-refractivity contribution is 0.102. The monoisotopic (exact) mass is 235 g/mol. The van der Waals surface area contributed by atoms with Crippen molar-refractivity contribution in [1.29, 1.82) is 0 Å². The summed E-state index contributed by atoms with van der Waals surface area (Å²) < 4.78 is 25.3. The minimum Gasteiger partial charge on any atom is -0.305 e. The number of carbonyl (C=O) groups excluding carboxylic acids is 1. The first-order valence-electron chi connectivity index (χ1n) is 4.70. The summed E-state index contributed by atoms with van der Waals surface area (Å²) in [6.45, 7) is 0. The minimum absolute atomic E-state index is 0.0254. The van der Waals surface area contributed by atoms with E-state index in [1.165, 1.54) is 18.2 Å². The van der Waals surface area contributed by atoms with Crippen molar-refractivity contribution < 1.29 is 13.6 Å². The number of anilines is 1. The lowest BCUT2D eigenvalue weighted by atomic mass is 10.3. The Labute approximate surface area is 95.3 Å². The van der Waals surface area contributed by atoms with E-state index >= 15 is 0 Å². The fourth-order valence-corrected chi connectivity index (χ4v) is 1.17. The highest BCUT2D eigenvalue weighted by Crippen LogP contribution is 2.06. The SMILES string of the molecule is O=C(Nc1cccc(F)n1)c1ccc(F)cn1. The van der Waals surface area contributed by atoms with Crippen LogP contribution in [0.25, 0.3) is 0 Å². The average Bonchev–Trinajstić information content (AvgIpc) is 2.29. The van der Waals surface area contributed by atoms with Crippen molar-refractivity contribution in [3.8, 4) is 0 Å². The number of aromatic nitrogens is 2. The van der Waals surface area contributed by atoms with Gasteiger partial charge in [-0.15, -0.1) is 0 Å². The van der Waals surface area contributed by atoms with Gasteiger partial charge in [0.2, 0.25) is 5.95 Å². The maximum atomic E-state index is 12.7. The molecular weight excluding hydrogens is 228 g/mol. The lowest BCUT2D eigenvalue weighted by Gasteiger charge is -2.03. The Morgan fingerprint density at radius 1 is 1.18 bits per heavy atom. The van der Waals surface area contributed by atoms with E-state index < -0.39 is 17.7 Å². The molecule has 0 radical (unpaired) electrons. The molecule has 1 amide bonds. The van der Waals surface area contributed by atoms with Crippen molar-refractivity contribution >= 4 is 11.7 Å². The van der Waals surface area contributed by atoms with E-state index in [4.69, 9.17) is 0 Å². The van der Waals surface area contributed by atoms with Crippen LogP contribution in [0.4, 0.5) is 14.6 Å². The van der Waals surface area contributed by atoms with Gasteiger partial charge in [-0.05, 0) is 24.3 Å². The van der Waals surface area contributed by atoms with Gasteiger partial charge >= 0.3 is 0 Å². The maximum Gasteiger partial charge on any atom is 0.275 e. The molecule has 0 unspecified atom stereocenters. The maximum absolute atomic E-state index is 12.7. The molecule has 2 heterocycles. The predicted molar refractivity (Wildman–Crippen MR) is 56.3 cm³/mol. The Balaban J connectivity index is 2.14. The molecule has 86 valence electrons. The number of hydrogen-bond donors (Lipinski definition) is 1. The van der Waals surface area contributed by atoms with Gasteiger partial charge in [0.15, 0.2) is 0 Å². The number of amides is 1. The number of carbonyl (C=O) groups is 1. The molecule has 4 nitrogen and oxygen atoms in total. The summed E-state index contributed by atoms with van der Waals surface area (Å²) in [6.07, 6.45) is 0.925. The van der Waals surface area contributed by atoms with Gasteiger partial charge in [-0.1, -0.05) is 6.07 Å². The molecule has 0 saturated heterocycles. The van der Waals surface area contributed by atoms with Gasteiger partial charge in [0.25, 0.3) is 5.91 Å². The highest BCUT2D eigenvalue weighted by molar-refractivity contribution is 6.02. The largest absolute Gasteiger partial charge is 0.305 e. The highest BCUT2D eigenvalue weighted by Gasteiger charge is 2.08. The van der Waals surface area contributed by atoms with Crippen LogP contribution in [0.15, 0.2) is 36.5 Å². The predicted octanol–water partition coefficient (Wildman–Crippen LogP) is 2.01. The standard InChI is InChI=1S/C11H7F2N3O/c12-7-4-5-8(14-6-7)11(17)16-10-3-1-2-9(13)15-10/h1-6H,(H,15,16,17). The van der Waals surface area contributed by atoms with Gasteiger partial charge in [-0.25, -0.2) is 14.4 Å². The third-order valence-corrected chi connectivity index (χ3v) is 1.92. The Kier molecular flexibility index (Phi) is 3.04. The first-order valence-corrected chi connectivity index (χ1v) is 4.70. The van der Waals surface area contributed by atoms with Crippen molar-refractivity contribution in [2.75, 3.05) is 5.32 Å². The lowest BCUT2D eigenvalue weighted by Crippen LogP contribution is -2.14. The molecule has 2 aromatic heterocycles. The Hall–Kier alpha value is -2.37. The number of halogens is 2. The van der Waals surface area contributed by atoms with E-state index in [0.717, 1.165) is 18.3 Å². The van der Waals surface area contributed by atoms with Crippen LogP contribution < -0.4 is 5.32 Å². The van der Waals surface area contributed by atoms with Crippen LogP contribution in [0, 0.1) is 11.8 Å². The fourth-order valence-electron chi connectivity index (χ4n) is 1.17. The first-order chi connectivity index (χ1) is 8.15.